The molecule has 5 rings (SSSR count). The summed E-state index contributed by atoms with van der Waals surface area (Å²) < 4.78 is 1.51. The van der Waals surface area contributed by atoms with Gasteiger partial charge in [0.05, 0.1) is 0 Å². The van der Waals surface area contributed by atoms with Crippen molar-refractivity contribution in [1.29, 1.82) is 0 Å². The molecule has 0 aliphatic heterocycles. The third-order valence-corrected chi connectivity index (χ3v) is 8.67. The van der Waals surface area contributed by atoms with Gasteiger partial charge in [-0.1, -0.05) is 129 Å². The average Bonchev–Trinajstić information content (AvgIpc) is 3.40. The summed E-state index contributed by atoms with van der Waals surface area (Å²) in [6, 6.07) is 10.9. The minimum atomic E-state index is 0. The summed E-state index contributed by atoms with van der Waals surface area (Å²) in [4.78, 5) is 0. The number of rotatable bonds is 1. The Hall–Kier alpha value is -0.747. The summed E-state index contributed by atoms with van der Waals surface area (Å²) in [7, 11) is 0. The van der Waals surface area contributed by atoms with Gasteiger partial charge in [0, 0.05) is 0 Å². The molecule has 0 aromatic heterocycles. The number of halogens is 2. The zero-order chi connectivity index (χ0) is 30.0. The second-order valence-electron chi connectivity index (χ2n) is 15.0. The molecule has 3 aliphatic carbocycles. The summed E-state index contributed by atoms with van der Waals surface area (Å²) in [5.41, 5.74) is 13.6. The zero-order valence-corrected chi connectivity index (χ0v) is 32.4. The normalized spacial score (nSPS) is 18.1. The maximum Gasteiger partial charge on any atom is -0.0129 e. The monoisotopic (exact) mass is 682 g/mol. The van der Waals surface area contributed by atoms with E-state index >= 15 is 0 Å². The van der Waals surface area contributed by atoms with Crippen molar-refractivity contribution in [2.24, 2.45) is 11.3 Å². The van der Waals surface area contributed by atoms with Gasteiger partial charge in [-0.25, -0.2) is 6.08 Å². The number of hydrogen-bond acceptors (Lipinski definition) is 0. The minimum Gasteiger partial charge on any atom is -1.00 e. The first-order valence-electron chi connectivity index (χ1n) is 15.5. The first-order chi connectivity index (χ1) is 18.4. The van der Waals surface area contributed by atoms with Crippen LogP contribution in [0.3, 0.4) is 0 Å². The number of allylic oxidation sites excluding steroid dienone is 4. The molecule has 0 bridgehead atoms. The fourth-order valence-electron chi connectivity index (χ4n) is 6.61. The van der Waals surface area contributed by atoms with Crippen molar-refractivity contribution >= 4 is 3.21 Å². The molecular formula is C39H54Cl2Zr-2. The third-order valence-electron chi connectivity index (χ3n) is 8.67. The second-order valence-corrected chi connectivity index (χ2v) is 17.5. The number of aryl methyl sites for hydroxylation is 2. The fraction of sp³-hybridized carbons (Fsp3) is 0.564. The van der Waals surface area contributed by atoms with E-state index in [1.807, 2.05) is 0 Å². The Labute approximate surface area is 286 Å². The van der Waals surface area contributed by atoms with Crippen LogP contribution in [0.15, 0.2) is 35.9 Å². The van der Waals surface area contributed by atoms with Crippen LogP contribution in [-0.2, 0) is 41.5 Å². The Kier molecular flexibility index (Phi) is 14.5. The zero-order valence-electron chi connectivity index (χ0n) is 28.5. The second kappa shape index (κ2) is 15.5. The molecule has 0 radical (unpaired) electrons. The molecular weight excluding hydrogens is 631 g/mol. The fourth-order valence-corrected chi connectivity index (χ4v) is 6.61. The van der Waals surface area contributed by atoms with Gasteiger partial charge in [-0.15, -0.1) is 16.7 Å². The van der Waals surface area contributed by atoms with Crippen molar-refractivity contribution in [1.82, 2.24) is 0 Å². The van der Waals surface area contributed by atoms with Crippen molar-refractivity contribution in [3.05, 3.63) is 81.4 Å². The molecule has 3 heteroatoms. The van der Waals surface area contributed by atoms with Crippen molar-refractivity contribution < 1.29 is 49.0 Å². The minimum absolute atomic E-state index is 0. The van der Waals surface area contributed by atoms with Crippen LogP contribution in [0.2, 0.25) is 0 Å². The van der Waals surface area contributed by atoms with Crippen LogP contribution in [0, 0.1) is 37.3 Å². The van der Waals surface area contributed by atoms with Gasteiger partial charge in [0.1, 0.15) is 0 Å². The first-order valence-corrected chi connectivity index (χ1v) is 16.7. The SMILES string of the molecule is CC1[C-]=CC(C2(C)CCCCC2)=C1.C[C](C)=[Zr+2].Cc1[c-]c2c(cc1C(C)(C)C)-c1cc(C(C)(C)C)c(C)cc1C2.[Cl-].[Cl-]. The van der Waals surface area contributed by atoms with Gasteiger partial charge in [-0.3, -0.25) is 6.08 Å². The maximum absolute atomic E-state index is 3.69. The van der Waals surface area contributed by atoms with E-state index in [0.717, 1.165) is 6.42 Å². The predicted octanol–water partition coefficient (Wildman–Crippen LogP) is 4.92. The molecule has 1 atom stereocenters. The Bertz CT molecular complexity index is 1220. The number of fused-ring (bicyclic) bond motifs is 3. The average molecular weight is 685 g/mol. The van der Waals surface area contributed by atoms with Crippen molar-refractivity contribution in [3.63, 3.8) is 0 Å². The van der Waals surface area contributed by atoms with Crippen LogP contribution < -0.4 is 24.8 Å². The van der Waals surface area contributed by atoms with E-state index in [-0.39, 0.29) is 35.6 Å². The molecule has 0 saturated heterocycles. The molecule has 2 aromatic rings. The number of hydrogen-bond donors (Lipinski definition) is 0. The largest absolute Gasteiger partial charge is 1.00 e. The van der Waals surface area contributed by atoms with Gasteiger partial charge in [-0.05, 0) is 35.4 Å². The molecule has 0 N–H and O–H groups in total. The van der Waals surface area contributed by atoms with E-state index < -0.39 is 0 Å². The summed E-state index contributed by atoms with van der Waals surface area (Å²) in [6.45, 7) is 27.1. The van der Waals surface area contributed by atoms with E-state index in [9.17, 15) is 0 Å². The summed E-state index contributed by atoms with van der Waals surface area (Å²) in [6.07, 6.45) is 16.0. The molecule has 0 heterocycles. The summed E-state index contributed by atoms with van der Waals surface area (Å²) >= 11 is 1.55. The Morgan fingerprint density at radius 2 is 1.38 bits per heavy atom. The van der Waals surface area contributed by atoms with Crippen LogP contribution in [-0.4, -0.2) is 3.21 Å². The molecule has 0 nitrogen and oxygen atoms in total. The van der Waals surface area contributed by atoms with Crippen LogP contribution in [0.4, 0.5) is 0 Å². The first kappa shape index (κ1) is 39.3. The molecule has 230 valence electrons. The molecule has 1 unspecified atom stereocenters. The van der Waals surface area contributed by atoms with Gasteiger partial charge < -0.3 is 24.8 Å². The van der Waals surface area contributed by atoms with E-state index in [2.05, 4.69) is 126 Å². The predicted molar refractivity (Wildman–Crippen MR) is 173 cm³/mol. The van der Waals surface area contributed by atoms with Gasteiger partial charge >= 0.3 is 41.3 Å². The molecule has 3 aliphatic rings. The Morgan fingerprint density at radius 3 is 1.86 bits per heavy atom. The molecule has 0 amide bonds. The molecule has 0 spiro atoms. The van der Waals surface area contributed by atoms with Crippen LogP contribution >= 0.6 is 0 Å². The van der Waals surface area contributed by atoms with E-state index in [1.165, 1.54) is 79.8 Å². The smallest absolute Gasteiger partial charge is 0.0129 e. The Morgan fingerprint density at radius 1 is 0.857 bits per heavy atom. The van der Waals surface area contributed by atoms with Crippen LogP contribution in [0.5, 0.6) is 0 Å². The molecule has 1 fully saturated rings. The van der Waals surface area contributed by atoms with E-state index in [1.54, 1.807) is 29.8 Å². The molecule has 42 heavy (non-hydrogen) atoms. The standard InChI is InChI=1S/C23H29.C13H19.C3H6.2ClH.Zr/c1-14-9-16-11-17-10-15(2)21(23(6,7)8)13-19(17)18(16)12-20(14)22(3,4)5;1-11-6-7-12(10-11)13(2)8-4-3-5-9-13;1-3-2;;;/h9,12-13H,11H2,1-8H3;7,10-11H,3-5,8-9H2,1-2H3;1-2H3;2*1H;/q2*-1;;;;+2/p-2. The molecule has 1 saturated carbocycles. The summed E-state index contributed by atoms with van der Waals surface area (Å²) in [5, 5.41) is 0. The van der Waals surface area contributed by atoms with Crippen molar-refractivity contribution in [2.75, 3.05) is 0 Å². The molecule has 2 aromatic carbocycles. The van der Waals surface area contributed by atoms with Crippen LogP contribution in [0.1, 0.15) is 135 Å². The Balaban J connectivity index is 0.000000394. The van der Waals surface area contributed by atoms with Crippen LogP contribution in [0.25, 0.3) is 11.1 Å². The third kappa shape index (κ3) is 9.88. The summed E-state index contributed by atoms with van der Waals surface area (Å²) in [5.74, 6) is 0.550. The topological polar surface area (TPSA) is 0 Å². The quantitative estimate of drug-likeness (QED) is 0.320. The van der Waals surface area contributed by atoms with E-state index in [0.29, 0.717) is 11.3 Å². The van der Waals surface area contributed by atoms with Gasteiger partial charge in [0.2, 0.25) is 0 Å². The van der Waals surface area contributed by atoms with Gasteiger partial charge in [-0.2, -0.15) is 29.3 Å². The van der Waals surface area contributed by atoms with Gasteiger partial charge in [0.15, 0.2) is 0 Å². The van der Waals surface area contributed by atoms with Crippen molar-refractivity contribution in [2.45, 2.75) is 132 Å². The number of benzene rings is 2. The van der Waals surface area contributed by atoms with Crippen molar-refractivity contribution in [3.8, 4) is 11.1 Å². The van der Waals surface area contributed by atoms with Gasteiger partial charge in [0.25, 0.3) is 0 Å². The maximum atomic E-state index is 3.69. The van der Waals surface area contributed by atoms with E-state index in [4.69, 9.17) is 0 Å².